The first-order valence-corrected chi connectivity index (χ1v) is 8.23. The van der Waals surface area contributed by atoms with Crippen LogP contribution < -0.4 is 4.90 Å². The zero-order valence-electron chi connectivity index (χ0n) is 11.9. The average Bonchev–Trinajstić information content (AvgIpc) is 2.64. The summed E-state index contributed by atoms with van der Waals surface area (Å²) in [6.07, 6.45) is 2.18. The molecule has 0 atom stereocenters. The van der Waals surface area contributed by atoms with Crippen LogP contribution in [0, 0.1) is 6.92 Å². The Balaban J connectivity index is 2.07. The van der Waals surface area contributed by atoms with Crippen molar-refractivity contribution < 1.29 is 0 Å². The Morgan fingerprint density at radius 1 is 1.21 bits per heavy atom. The molecule has 0 radical (unpaired) electrons. The van der Waals surface area contributed by atoms with Gasteiger partial charge in [0.25, 0.3) is 0 Å². The van der Waals surface area contributed by atoms with Crippen LogP contribution in [0.3, 0.4) is 0 Å². The van der Waals surface area contributed by atoms with E-state index in [1.165, 1.54) is 13.0 Å². The second kappa shape index (κ2) is 7.20. The summed E-state index contributed by atoms with van der Waals surface area (Å²) in [4.78, 5) is 14.0. The molecule has 1 aliphatic rings. The molecule has 0 bridgehead atoms. The highest BCUT2D eigenvalue weighted by atomic mass is 79.9. The molecule has 0 saturated carbocycles. The van der Waals surface area contributed by atoms with E-state index >= 15 is 0 Å². The third-order valence-corrected chi connectivity index (χ3v) is 3.91. The van der Waals surface area contributed by atoms with Gasteiger partial charge < -0.3 is 9.80 Å². The molecule has 2 rings (SSSR count). The van der Waals surface area contributed by atoms with Gasteiger partial charge in [0.2, 0.25) is 0 Å². The van der Waals surface area contributed by atoms with E-state index in [4.69, 9.17) is 0 Å². The van der Waals surface area contributed by atoms with Crippen molar-refractivity contribution in [1.29, 1.82) is 0 Å². The van der Waals surface area contributed by atoms with E-state index in [1.807, 2.05) is 6.92 Å². The van der Waals surface area contributed by atoms with Crippen LogP contribution in [-0.4, -0.2) is 52.9 Å². The first-order valence-electron chi connectivity index (χ1n) is 7.10. The lowest BCUT2D eigenvalue weighted by molar-refractivity contribution is 0.313. The summed E-state index contributed by atoms with van der Waals surface area (Å²) in [5.74, 6) is 1.99. The molecule has 0 aromatic carbocycles. The van der Waals surface area contributed by atoms with E-state index in [-0.39, 0.29) is 0 Å². The molecule has 0 unspecified atom stereocenters. The predicted molar refractivity (Wildman–Crippen MR) is 83.2 cm³/mol. The van der Waals surface area contributed by atoms with Crippen molar-refractivity contribution in [2.45, 2.75) is 26.7 Å². The molecule has 0 aliphatic carbocycles. The third kappa shape index (κ3) is 4.14. The van der Waals surface area contributed by atoms with Crippen LogP contribution in [0.4, 0.5) is 5.82 Å². The van der Waals surface area contributed by atoms with Crippen molar-refractivity contribution in [2.24, 2.45) is 0 Å². The maximum atomic E-state index is 4.61. The van der Waals surface area contributed by atoms with Gasteiger partial charge in [-0.2, -0.15) is 0 Å². The van der Waals surface area contributed by atoms with Crippen molar-refractivity contribution in [3.63, 3.8) is 0 Å². The minimum absolute atomic E-state index is 0.885. The van der Waals surface area contributed by atoms with Gasteiger partial charge >= 0.3 is 0 Å². The largest absolute Gasteiger partial charge is 0.355 e. The van der Waals surface area contributed by atoms with Crippen LogP contribution in [-0.2, 0) is 6.42 Å². The first-order chi connectivity index (χ1) is 9.22. The predicted octanol–water partition coefficient (Wildman–Crippen LogP) is 2.25. The van der Waals surface area contributed by atoms with E-state index in [0.29, 0.717) is 0 Å². The molecule has 0 spiro atoms. The van der Waals surface area contributed by atoms with Gasteiger partial charge in [-0.1, -0.05) is 22.9 Å². The van der Waals surface area contributed by atoms with Crippen LogP contribution in [0.5, 0.6) is 0 Å². The quantitative estimate of drug-likeness (QED) is 0.794. The molecule has 0 N–H and O–H groups in total. The Kier molecular flexibility index (Phi) is 5.58. The van der Waals surface area contributed by atoms with E-state index in [2.05, 4.69) is 48.7 Å². The lowest BCUT2D eigenvalue weighted by Crippen LogP contribution is -2.32. The Morgan fingerprint density at radius 2 is 2.05 bits per heavy atom. The summed E-state index contributed by atoms with van der Waals surface area (Å²) in [5.41, 5.74) is 1.14. The summed E-state index contributed by atoms with van der Waals surface area (Å²) >= 11 is 3.52. The number of aromatic nitrogens is 2. The average molecular weight is 327 g/mol. The summed E-state index contributed by atoms with van der Waals surface area (Å²) in [7, 11) is 0. The molecule has 4 nitrogen and oxygen atoms in total. The SMILES string of the molecule is CCc1cc(N2CCCN(CCBr)CC2)nc(C)n1. The number of rotatable bonds is 4. The van der Waals surface area contributed by atoms with E-state index in [9.17, 15) is 0 Å². The highest BCUT2D eigenvalue weighted by molar-refractivity contribution is 9.09. The van der Waals surface area contributed by atoms with Crippen molar-refractivity contribution >= 4 is 21.7 Å². The number of halogens is 1. The van der Waals surface area contributed by atoms with Crippen LogP contribution in [0.25, 0.3) is 0 Å². The lowest BCUT2D eigenvalue weighted by atomic mass is 10.3. The van der Waals surface area contributed by atoms with Gasteiger partial charge in [0, 0.05) is 43.3 Å². The van der Waals surface area contributed by atoms with Crippen LogP contribution in [0.15, 0.2) is 6.07 Å². The lowest BCUT2D eigenvalue weighted by Gasteiger charge is -2.23. The summed E-state index contributed by atoms with van der Waals surface area (Å²) in [6.45, 7) is 9.73. The Bertz CT molecular complexity index is 410. The zero-order valence-corrected chi connectivity index (χ0v) is 13.5. The molecule has 1 aromatic rings. The van der Waals surface area contributed by atoms with Crippen LogP contribution in [0.2, 0.25) is 0 Å². The topological polar surface area (TPSA) is 32.3 Å². The van der Waals surface area contributed by atoms with E-state index < -0.39 is 0 Å². The fourth-order valence-corrected chi connectivity index (χ4v) is 3.00. The van der Waals surface area contributed by atoms with Gasteiger partial charge in [0.1, 0.15) is 11.6 Å². The number of alkyl halides is 1. The monoisotopic (exact) mass is 326 g/mol. The molecular formula is C14H23BrN4. The maximum Gasteiger partial charge on any atom is 0.132 e. The number of anilines is 1. The van der Waals surface area contributed by atoms with E-state index in [0.717, 1.165) is 55.3 Å². The fourth-order valence-electron chi connectivity index (χ4n) is 2.50. The fraction of sp³-hybridized carbons (Fsp3) is 0.714. The Labute approximate surface area is 124 Å². The molecule has 19 heavy (non-hydrogen) atoms. The molecule has 2 heterocycles. The molecule has 106 valence electrons. The second-order valence-corrected chi connectivity index (χ2v) is 5.78. The standard InChI is InChI=1S/C14H23BrN4/c1-3-13-11-14(17-12(2)16-13)19-7-4-6-18(8-5-15)9-10-19/h11H,3-10H2,1-2H3. The third-order valence-electron chi connectivity index (χ3n) is 3.55. The number of hydrogen-bond donors (Lipinski definition) is 0. The maximum absolute atomic E-state index is 4.61. The molecule has 1 fully saturated rings. The van der Waals surface area contributed by atoms with Gasteiger partial charge in [0.05, 0.1) is 0 Å². The second-order valence-electron chi connectivity index (χ2n) is 4.99. The smallest absolute Gasteiger partial charge is 0.132 e. The van der Waals surface area contributed by atoms with Crippen LogP contribution in [0.1, 0.15) is 24.9 Å². The van der Waals surface area contributed by atoms with Crippen molar-refractivity contribution in [1.82, 2.24) is 14.9 Å². The van der Waals surface area contributed by atoms with Gasteiger partial charge in [-0.3, -0.25) is 0 Å². The first kappa shape index (κ1) is 14.7. The Morgan fingerprint density at radius 3 is 2.79 bits per heavy atom. The van der Waals surface area contributed by atoms with Crippen molar-refractivity contribution in [3.8, 4) is 0 Å². The number of hydrogen-bond acceptors (Lipinski definition) is 4. The molecular weight excluding hydrogens is 304 g/mol. The summed E-state index contributed by atoms with van der Waals surface area (Å²) in [6, 6.07) is 2.15. The van der Waals surface area contributed by atoms with Gasteiger partial charge in [-0.15, -0.1) is 0 Å². The van der Waals surface area contributed by atoms with Crippen molar-refractivity contribution in [2.75, 3.05) is 43.0 Å². The molecule has 0 amide bonds. The highest BCUT2D eigenvalue weighted by Crippen LogP contribution is 2.15. The number of nitrogens with zero attached hydrogens (tertiary/aromatic N) is 4. The highest BCUT2D eigenvalue weighted by Gasteiger charge is 2.16. The van der Waals surface area contributed by atoms with Gasteiger partial charge in [0.15, 0.2) is 0 Å². The normalized spacial score (nSPS) is 17.5. The zero-order chi connectivity index (χ0) is 13.7. The van der Waals surface area contributed by atoms with Gasteiger partial charge in [-0.05, 0) is 26.3 Å². The molecule has 5 heteroatoms. The molecule has 1 aliphatic heterocycles. The Hall–Kier alpha value is -0.680. The van der Waals surface area contributed by atoms with Crippen LogP contribution >= 0.6 is 15.9 Å². The number of aryl methyl sites for hydroxylation is 2. The summed E-state index contributed by atoms with van der Waals surface area (Å²) in [5, 5.41) is 1.06. The minimum atomic E-state index is 0.885. The molecule has 1 saturated heterocycles. The molecule has 1 aromatic heterocycles. The van der Waals surface area contributed by atoms with Gasteiger partial charge in [-0.25, -0.2) is 9.97 Å². The summed E-state index contributed by atoms with van der Waals surface area (Å²) < 4.78 is 0. The van der Waals surface area contributed by atoms with E-state index in [1.54, 1.807) is 0 Å². The minimum Gasteiger partial charge on any atom is -0.355 e. The van der Waals surface area contributed by atoms with Crippen molar-refractivity contribution in [3.05, 3.63) is 17.6 Å².